The average molecular weight is 1470 g/mol. The fraction of sp³-hybridized carbons (Fsp3) is 0.0571. The zero-order chi connectivity index (χ0) is 73.1. The molecule has 0 aliphatic heterocycles. The molecule has 0 spiro atoms. The molecule has 516 valence electrons. The predicted molar refractivity (Wildman–Crippen MR) is 394 cm³/mol. The minimum atomic E-state index is -0.571. The third-order valence-corrected chi connectivity index (χ3v) is 18.2. The van der Waals surface area contributed by atoms with Crippen molar-refractivity contribution in [2.24, 2.45) is 0 Å². The molecule has 0 radical (unpaired) electrons. The van der Waals surface area contributed by atoms with Gasteiger partial charge in [-0.05, 0) is 115 Å². The van der Waals surface area contributed by atoms with Crippen molar-refractivity contribution in [2.45, 2.75) is 0 Å². The first-order valence-electron chi connectivity index (χ1n) is 28.4. The van der Waals surface area contributed by atoms with Crippen LogP contribution in [0.1, 0.15) is 33.4 Å². The normalized spacial score (nSPS) is 11.8. The van der Waals surface area contributed by atoms with Crippen LogP contribution in [0.3, 0.4) is 0 Å². The van der Waals surface area contributed by atoms with Crippen LogP contribution in [0.2, 0.25) is 0 Å². The molecular weight excluding hydrogens is 1410 g/mol. The number of aromatic nitrogens is 6. The second-order valence-electron chi connectivity index (χ2n) is 19.9. The molecule has 0 bridgehead atoms. The summed E-state index contributed by atoms with van der Waals surface area (Å²) in [5.74, 6) is 1.05. The number of thiazole rings is 6. The van der Waals surface area contributed by atoms with Crippen molar-refractivity contribution >= 4 is 144 Å². The van der Waals surface area contributed by atoms with E-state index in [4.69, 9.17) is 18.9 Å². The first-order chi connectivity index (χ1) is 47.6. The van der Waals surface area contributed by atoms with Crippen molar-refractivity contribution in [3.63, 3.8) is 0 Å². The lowest BCUT2D eigenvalue weighted by atomic mass is 10.1. The van der Waals surface area contributed by atoms with Gasteiger partial charge < -0.3 is 79.5 Å². The second kappa shape index (κ2) is 34.9. The maximum absolute atomic E-state index is 13.4. The van der Waals surface area contributed by atoms with E-state index in [1.54, 1.807) is 92.1 Å². The summed E-state index contributed by atoms with van der Waals surface area (Å²) in [6.07, 6.45) is 9.16. The SMILES string of the molecule is C=c1[nH]c(=O)/c(=C/c2c(O)cccc2F)s1.C=c1[nH]c(=O)/c(=C/c2c(O)cccc2OC)s1.C=c1[nH]c(=O)/c(=C/c2cc(F)ccc2O)s1.C=c1[nH]c(=O)/c(=C/c2cc(OC)ccc2O)s1.C=c1[nH]c(=O)/c(=C/c2ccc(OC)cc2O)s1.C=c1[nH]c(=O)/c(=C/c2cccc(OC)c2O)s1. The van der Waals surface area contributed by atoms with Crippen molar-refractivity contribution in [3.05, 3.63) is 272 Å². The van der Waals surface area contributed by atoms with Crippen LogP contribution < -0.4 is 107 Å². The number of H-pyrrole nitrogens is 6. The van der Waals surface area contributed by atoms with Gasteiger partial charge in [-0.3, -0.25) is 28.8 Å². The lowest BCUT2D eigenvalue weighted by molar-refractivity contribution is 0.373. The molecule has 0 amide bonds. The predicted octanol–water partition coefficient (Wildman–Crippen LogP) is 2.60. The summed E-state index contributed by atoms with van der Waals surface area (Å²) < 4.78 is 52.5. The summed E-state index contributed by atoms with van der Waals surface area (Å²) in [6, 6.07) is 27.3. The standard InChI is InChI=1S/4C12H11NO3S.2C11H8FNO2S/c1-7-13-12(15)11(17-7)6-8-5-9(16-2)3-4-10(8)14;1-7-13-12(15)11(17-7)5-8-3-4-9(16-2)6-10(8)14;1-7-13-12(15)11(17-7)6-8-9(14)4-3-5-10(8)16-2;1-7-13-12(15)10(17-7)6-8-4-3-5-9(16-2)11(8)14;1-6-13-11(15)10(16-6)5-7-4-8(12)2-3-9(7)14;1-6-13-11(15)10(16-6)5-7-8(12)3-2-4-9(7)14/h4*3-6,14H,1H2,2H3,(H,13,15);2*2-5,14H,1H2,(H,13,15)/b11-6-;11-5-;11-6-;10-6-;2*10-5-. The highest BCUT2D eigenvalue weighted by Crippen LogP contribution is 2.30. The highest BCUT2D eigenvalue weighted by Gasteiger charge is 2.10. The van der Waals surface area contributed by atoms with Crippen LogP contribution in [0.4, 0.5) is 8.78 Å². The molecule has 0 unspecified atom stereocenters. The maximum Gasteiger partial charge on any atom is 0.266 e. The van der Waals surface area contributed by atoms with E-state index < -0.39 is 11.6 Å². The zero-order valence-electron chi connectivity index (χ0n) is 53.1. The number of aromatic amines is 6. The first kappa shape index (κ1) is 75.6. The largest absolute Gasteiger partial charge is 0.507 e. The number of rotatable bonds is 10. The van der Waals surface area contributed by atoms with Crippen LogP contribution in [-0.2, 0) is 0 Å². The van der Waals surface area contributed by atoms with Crippen LogP contribution in [0.5, 0.6) is 57.5 Å². The lowest BCUT2D eigenvalue weighted by Crippen LogP contribution is -2.19. The Labute approximate surface area is 585 Å². The minimum Gasteiger partial charge on any atom is -0.507 e. The van der Waals surface area contributed by atoms with Crippen LogP contribution >= 0.6 is 68.0 Å². The van der Waals surface area contributed by atoms with Crippen LogP contribution in [0.15, 0.2) is 138 Å². The van der Waals surface area contributed by atoms with Gasteiger partial charge in [-0.15, -0.1) is 68.0 Å². The van der Waals surface area contributed by atoms with Crippen LogP contribution in [0.25, 0.3) is 75.9 Å². The number of benzene rings is 6. The van der Waals surface area contributed by atoms with E-state index in [0.717, 1.165) is 34.8 Å². The smallest absolute Gasteiger partial charge is 0.266 e. The molecule has 0 aliphatic carbocycles. The Balaban J connectivity index is 0.000000169. The van der Waals surface area contributed by atoms with E-state index in [0.29, 0.717) is 100 Å². The Morgan fingerprint density at radius 2 is 0.690 bits per heavy atom. The van der Waals surface area contributed by atoms with Gasteiger partial charge in [0, 0.05) is 28.3 Å². The van der Waals surface area contributed by atoms with Gasteiger partial charge in [-0.1, -0.05) is 63.7 Å². The molecule has 0 fully saturated rings. The van der Waals surface area contributed by atoms with Crippen molar-refractivity contribution in [2.75, 3.05) is 28.4 Å². The Kier molecular flexibility index (Phi) is 26.4. The Bertz CT molecular complexity index is 5990. The van der Waals surface area contributed by atoms with Crippen LogP contribution in [-0.4, -0.2) is 89.0 Å². The number of phenols is 6. The maximum atomic E-state index is 13.4. The Hall–Kier alpha value is -11.8. The third kappa shape index (κ3) is 20.9. The summed E-state index contributed by atoms with van der Waals surface area (Å²) >= 11 is 7.25. The number of methoxy groups -OCH3 is 4. The van der Waals surface area contributed by atoms with E-state index >= 15 is 0 Å². The molecule has 6 aromatic heterocycles. The van der Waals surface area contributed by atoms with Crippen molar-refractivity contribution in [3.8, 4) is 57.5 Å². The van der Waals surface area contributed by atoms with Gasteiger partial charge in [0.15, 0.2) is 11.5 Å². The topological polar surface area (TPSA) is 355 Å². The molecule has 6 heterocycles. The highest BCUT2D eigenvalue weighted by molar-refractivity contribution is 7.08. The summed E-state index contributed by atoms with van der Waals surface area (Å²) in [7, 11) is 6.06. The van der Waals surface area contributed by atoms with E-state index in [2.05, 4.69) is 69.4 Å². The fourth-order valence-electron chi connectivity index (χ4n) is 8.29. The van der Waals surface area contributed by atoms with Gasteiger partial charge in [0.2, 0.25) is 0 Å². The van der Waals surface area contributed by atoms with Gasteiger partial charge in [-0.2, -0.15) is 0 Å². The molecule has 6 aromatic carbocycles. The molecule has 0 atom stereocenters. The Morgan fingerprint density at radius 1 is 0.340 bits per heavy atom. The molecule has 30 heteroatoms. The number of halogens is 2. The number of aromatic hydroxyl groups is 6. The molecular formula is C70H60F2N6O16S6. The molecule has 100 heavy (non-hydrogen) atoms. The molecule has 12 aromatic rings. The van der Waals surface area contributed by atoms with Gasteiger partial charge in [0.25, 0.3) is 33.4 Å². The molecule has 12 rings (SSSR count). The third-order valence-electron chi connectivity index (χ3n) is 13.0. The van der Waals surface area contributed by atoms with Gasteiger partial charge in [0.05, 0.1) is 94.7 Å². The second-order valence-corrected chi connectivity index (χ2v) is 26.8. The van der Waals surface area contributed by atoms with Gasteiger partial charge >= 0.3 is 0 Å². The number of nitrogens with one attached hydrogen (secondary N) is 6. The molecule has 0 aliphatic rings. The van der Waals surface area contributed by atoms with E-state index in [1.165, 1.54) is 115 Å². The molecule has 0 saturated heterocycles. The number of hydrogen-bond donors (Lipinski definition) is 12. The lowest BCUT2D eigenvalue weighted by Gasteiger charge is -2.05. The number of ether oxygens (including phenoxy) is 4. The fourth-order valence-corrected chi connectivity index (χ4v) is 12.7. The quantitative estimate of drug-likeness (QED) is 0.0936. The minimum absolute atomic E-state index is 0.00912. The average Bonchev–Trinajstić information content (AvgIpc) is 1.59. The van der Waals surface area contributed by atoms with E-state index in [1.807, 2.05) is 0 Å². The monoisotopic (exact) mass is 1470 g/mol. The number of para-hydroxylation sites is 1. The van der Waals surface area contributed by atoms with Crippen molar-refractivity contribution < 1.29 is 58.4 Å². The van der Waals surface area contributed by atoms with Crippen LogP contribution in [0, 0.1) is 11.6 Å². The summed E-state index contributed by atoms with van der Waals surface area (Å²) in [4.78, 5) is 84.0. The zero-order valence-corrected chi connectivity index (χ0v) is 58.0. The van der Waals surface area contributed by atoms with Gasteiger partial charge in [-0.25, -0.2) is 8.78 Å². The molecule has 12 N–H and O–H groups in total. The molecule has 0 saturated carbocycles. The summed E-state index contributed by atoms with van der Waals surface area (Å²) in [5, 5.41) is 58.0. The van der Waals surface area contributed by atoms with E-state index in [-0.39, 0.29) is 79.0 Å². The van der Waals surface area contributed by atoms with Crippen molar-refractivity contribution in [1.29, 1.82) is 0 Å². The number of hydrogen-bond acceptors (Lipinski definition) is 22. The van der Waals surface area contributed by atoms with Crippen molar-refractivity contribution in [1.82, 2.24) is 29.9 Å². The van der Waals surface area contributed by atoms with E-state index in [9.17, 15) is 68.2 Å². The summed E-state index contributed by atoms with van der Waals surface area (Å²) in [6.45, 7) is 21.8. The summed E-state index contributed by atoms with van der Waals surface area (Å²) in [5.41, 5.74) is 0.956. The highest BCUT2D eigenvalue weighted by atomic mass is 32.1. The number of phenolic OH excluding ortho intramolecular Hbond substituents is 6. The first-order valence-corrected chi connectivity index (χ1v) is 33.3. The van der Waals surface area contributed by atoms with Gasteiger partial charge in [0.1, 0.15) is 57.6 Å². The Morgan fingerprint density at radius 3 is 1.10 bits per heavy atom. The molecule has 22 nitrogen and oxygen atoms in total.